The van der Waals surface area contributed by atoms with E-state index in [0.717, 1.165) is 18.4 Å². The van der Waals surface area contributed by atoms with E-state index in [0.29, 0.717) is 10.7 Å². The molecule has 0 atom stereocenters. The normalized spacial score (nSPS) is 14.4. The molecular weight excluding hydrogens is 306 g/mol. The maximum Gasteiger partial charge on any atom is 0.335 e. The molecule has 0 unspecified atom stereocenters. The highest BCUT2D eigenvalue weighted by Crippen LogP contribution is 2.29. The summed E-state index contributed by atoms with van der Waals surface area (Å²) in [7, 11) is 0. The maximum absolute atomic E-state index is 11.0. The quantitative estimate of drug-likeness (QED) is 0.908. The van der Waals surface area contributed by atoms with E-state index in [1.54, 1.807) is 6.08 Å². The van der Waals surface area contributed by atoms with Crippen molar-refractivity contribution in [1.29, 1.82) is 0 Å². The lowest BCUT2D eigenvalue weighted by atomic mass is 10.0. The average molecular weight is 318 g/mol. The smallest absolute Gasteiger partial charge is 0.335 e. The summed E-state index contributed by atoms with van der Waals surface area (Å²) in [6.07, 6.45) is 6.66. The number of carbonyl (C=O) groups is 1. The van der Waals surface area contributed by atoms with Crippen LogP contribution in [0.2, 0.25) is 0 Å². The van der Waals surface area contributed by atoms with Crippen molar-refractivity contribution in [2.75, 3.05) is 0 Å². The standard InChI is InChI=1S/C15H12ClN3O3/c16-11-3-1-2-9(6-11)12-8-14(20)19(18-12)13-7-10(15(21)22)4-5-17-13/h3-8,20H,1-2H2,(H,21,22). The van der Waals surface area contributed by atoms with E-state index in [4.69, 9.17) is 16.7 Å². The van der Waals surface area contributed by atoms with Gasteiger partial charge in [0.2, 0.25) is 5.88 Å². The number of pyridine rings is 1. The van der Waals surface area contributed by atoms with E-state index < -0.39 is 5.97 Å². The molecule has 112 valence electrons. The molecule has 0 aliphatic heterocycles. The second kappa shape index (κ2) is 5.65. The fourth-order valence-corrected chi connectivity index (χ4v) is 2.47. The fourth-order valence-electron chi connectivity index (χ4n) is 2.23. The number of halogens is 1. The van der Waals surface area contributed by atoms with Crippen molar-refractivity contribution in [2.24, 2.45) is 0 Å². The van der Waals surface area contributed by atoms with Crippen LogP contribution in [0.3, 0.4) is 0 Å². The van der Waals surface area contributed by atoms with Gasteiger partial charge in [-0.05, 0) is 36.6 Å². The molecular formula is C15H12ClN3O3. The summed E-state index contributed by atoms with van der Waals surface area (Å²) in [6.45, 7) is 0. The molecule has 0 saturated carbocycles. The topological polar surface area (TPSA) is 88.2 Å². The molecule has 0 radical (unpaired) electrons. The Morgan fingerprint density at radius 2 is 2.18 bits per heavy atom. The minimum Gasteiger partial charge on any atom is -0.493 e. The van der Waals surface area contributed by atoms with Gasteiger partial charge in [-0.1, -0.05) is 17.7 Å². The highest BCUT2D eigenvalue weighted by atomic mass is 35.5. The number of carboxylic acids is 1. The lowest BCUT2D eigenvalue weighted by Crippen LogP contribution is -2.04. The minimum atomic E-state index is -1.07. The molecule has 3 rings (SSSR count). The van der Waals surface area contributed by atoms with Crippen molar-refractivity contribution in [3.8, 4) is 11.7 Å². The molecule has 2 N–H and O–H groups in total. The molecule has 1 aliphatic rings. The highest BCUT2D eigenvalue weighted by Gasteiger charge is 2.15. The van der Waals surface area contributed by atoms with Crippen LogP contribution in [0.4, 0.5) is 0 Å². The third kappa shape index (κ3) is 2.73. The lowest BCUT2D eigenvalue weighted by molar-refractivity contribution is 0.0696. The molecule has 1 aliphatic carbocycles. The summed E-state index contributed by atoms with van der Waals surface area (Å²) in [4.78, 5) is 15.1. The largest absolute Gasteiger partial charge is 0.493 e. The second-order valence-electron chi connectivity index (χ2n) is 4.80. The molecule has 22 heavy (non-hydrogen) atoms. The maximum atomic E-state index is 11.0. The van der Waals surface area contributed by atoms with Crippen LogP contribution in [0.1, 0.15) is 28.9 Å². The number of aromatic carboxylic acids is 1. The molecule has 7 heteroatoms. The Balaban J connectivity index is 2.01. The van der Waals surface area contributed by atoms with Crippen LogP contribution in [-0.4, -0.2) is 30.9 Å². The van der Waals surface area contributed by atoms with E-state index in [2.05, 4.69) is 10.1 Å². The van der Waals surface area contributed by atoms with Gasteiger partial charge in [0.15, 0.2) is 5.82 Å². The van der Waals surface area contributed by atoms with E-state index in [9.17, 15) is 9.90 Å². The first-order valence-electron chi connectivity index (χ1n) is 6.60. The number of aromatic hydroxyl groups is 1. The Bertz CT molecular complexity index is 808. The van der Waals surface area contributed by atoms with Crippen molar-refractivity contribution in [2.45, 2.75) is 12.8 Å². The van der Waals surface area contributed by atoms with Crippen molar-refractivity contribution in [3.05, 3.63) is 52.8 Å². The Morgan fingerprint density at radius 1 is 1.36 bits per heavy atom. The lowest BCUT2D eigenvalue weighted by Gasteiger charge is -2.07. The van der Waals surface area contributed by atoms with E-state index in [1.807, 2.05) is 6.08 Å². The van der Waals surface area contributed by atoms with Gasteiger partial charge in [-0.2, -0.15) is 9.78 Å². The van der Waals surface area contributed by atoms with Gasteiger partial charge in [-0.15, -0.1) is 0 Å². The van der Waals surface area contributed by atoms with Gasteiger partial charge in [-0.3, -0.25) is 0 Å². The summed E-state index contributed by atoms with van der Waals surface area (Å²) >= 11 is 5.99. The molecule has 2 aromatic rings. The summed E-state index contributed by atoms with van der Waals surface area (Å²) in [6, 6.07) is 4.24. The summed E-state index contributed by atoms with van der Waals surface area (Å²) < 4.78 is 1.20. The summed E-state index contributed by atoms with van der Waals surface area (Å²) in [5.74, 6) is -0.944. The Labute approximate surface area is 131 Å². The van der Waals surface area contributed by atoms with Crippen molar-refractivity contribution >= 4 is 23.1 Å². The number of rotatable bonds is 3. The van der Waals surface area contributed by atoms with E-state index in [-0.39, 0.29) is 17.3 Å². The van der Waals surface area contributed by atoms with Crippen LogP contribution in [0.15, 0.2) is 41.6 Å². The first kappa shape index (κ1) is 14.3. The first-order valence-corrected chi connectivity index (χ1v) is 6.98. The van der Waals surface area contributed by atoms with E-state index >= 15 is 0 Å². The van der Waals surface area contributed by atoms with Crippen molar-refractivity contribution in [1.82, 2.24) is 14.8 Å². The number of aromatic nitrogens is 3. The van der Waals surface area contributed by atoms with Crippen molar-refractivity contribution < 1.29 is 15.0 Å². The SMILES string of the molecule is O=C(O)c1ccnc(-n2nc(C3=CC(Cl)=CCC3)cc2O)c1. The van der Waals surface area contributed by atoms with E-state index in [1.165, 1.54) is 29.1 Å². The van der Waals surface area contributed by atoms with Gasteiger partial charge < -0.3 is 10.2 Å². The van der Waals surface area contributed by atoms with Crippen LogP contribution in [-0.2, 0) is 0 Å². The molecule has 0 spiro atoms. The molecule has 0 aromatic carbocycles. The third-order valence-corrected chi connectivity index (χ3v) is 3.56. The molecule has 6 nitrogen and oxygen atoms in total. The van der Waals surface area contributed by atoms with Gasteiger partial charge in [-0.25, -0.2) is 9.78 Å². The molecule has 0 amide bonds. The number of carboxylic acid groups (broad SMARTS) is 1. The summed E-state index contributed by atoms with van der Waals surface area (Å²) in [5, 5.41) is 24.0. The number of nitrogens with zero attached hydrogens (tertiary/aromatic N) is 3. The average Bonchev–Trinajstić information content (AvgIpc) is 2.89. The monoisotopic (exact) mass is 317 g/mol. The second-order valence-corrected chi connectivity index (χ2v) is 5.24. The molecule has 2 aromatic heterocycles. The minimum absolute atomic E-state index is 0.0734. The number of hydrogen-bond acceptors (Lipinski definition) is 4. The van der Waals surface area contributed by atoms with Gasteiger partial charge in [0.05, 0.1) is 11.3 Å². The Kier molecular flexibility index (Phi) is 3.68. The molecule has 0 fully saturated rings. The van der Waals surface area contributed by atoms with Crippen LogP contribution in [0.25, 0.3) is 11.4 Å². The molecule has 2 heterocycles. The van der Waals surface area contributed by atoms with Crippen LogP contribution >= 0.6 is 11.6 Å². The zero-order chi connectivity index (χ0) is 15.7. The first-order chi connectivity index (χ1) is 10.5. The molecule has 0 saturated heterocycles. The highest BCUT2D eigenvalue weighted by molar-refractivity contribution is 6.31. The molecule has 0 bridgehead atoms. The predicted octanol–water partition coefficient (Wildman–Crippen LogP) is 2.97. The van der Waals surface area contributed by atoms with Gasteiger partial charge in [0.25, 0.3) is 0 Å². The zero-order valence-corrected chi connectivity index (χ0v) is 12.2. The van der Waals surface area contributed by atoms with Gasteiger partial charge >= 0.3 is 5.97 Å². The van der Waals surface area contributed by atoms with Gasteiger partial charge in [0, 0.05) is 17.3 Å². The fraction of sp³-hybridized carbons (Fsp3) is 0.133. The van der Waals surface area contributed by atoms with Crippen molar-refractivity contribution in [3.63, 3.8) is 0 Å². The van der Waals surface area contributed by atoms with Crippen LogP contribution in [0, 0.1) is 0 Å². The predicted molar refractivity (Wildman–Crippen MR) is 81.1 cm³/mol. The third-order valence-electron chi connectivity index (χ3n) is 3.29. The zero-order valence-electron chi connectivity index (χ0n) is 11.4. The number of hydrogen-bond donors (Lipinski definition) is 2. The van der Waals surface area contributed by atoms with Crippen LogP contribution in [0.5, 0.6) is 5.88 Å². The summed E-state index contributed by atoms with van der Waals surface area (Å²) in [5.41, 5.74) is 1.58. The Morgan fingerprint density at radius 3 is 2.91 bits per heavy atom. The van der Waals surface area contributed by atoms with Gasteiger partial charge in [0.1, 0.15) is 0 Å². The Hall–Kier alpha value is -2.60. The van der Waals surface area contributed by atoms with Crippen LogP contribution < -0.4 is 0 Å². The number of allylic oxidation sites excluding steroid dienone is 4.